The molecule has 0 spiro atoms. The Bertz CT molecular complexity index is 852. The van der Waals surface area contributed by atoms with E-state index in [1.54, 1.807) is 12.1 Å². The smallest absolute Gasteiger partial charge is 0.241 e. The Kier molecular flexibility index (Phi) is 6.29. The number of benzene rings is 2. The molecular formula is C22H27N3O4. The monoisotopic (exact) mass is 397 g/mol. The van der Waals surface area contributed by atoms with Gasteiger partial charge in [0.25, 0.3) is 0 Å². The molecule has 2 heterocycles. The van der Waals surface area contributed by atoms with Crippen LogP contribution in [0.2, 0.25) is 0 Å². The maximum absolute atomic E-state index is 12.6. The molecule has 0 unspecified atom stereocenters. The number of hydrogen-bond acceptors (Lipinski definition) is 6. The second-order valence-electron chi connectivity index (χ2n) is 7.32. The standard InChI is InChI=1S/C22H27N3O4/c1-16(22(26)24-19-6-7-20-21(12-19)29-15-28-20)23-13-17-4-2-3-5-18(17)14-25-8-10-27-11-9-25/h2-7,12,16,23H,8-11,13-15H2,1H3,(H,24,26)/t16-/m1/s1. The first-order valence-corrected chi connectivity index (χ1v) is 10.00. The van der Waals surface area contributed by atoms with Crippen LogP contribution in [-0.4, -0.2) is 49.9 Å². The molecule has 7 heteroatoms. The molecule has 1 fully saturated rings. The number of ether oxygens (including phenoxy) is 3. The van der Waals surface area contributed by atoms with Crippen molar-refractivity contribution in [1.82, 2.24) is 10.2 Å². The zero-order chi connectivity index (χ0) is 20.1. The second-order valence-corrected chi connectivity index (χ2v) is 7.32. The van der Waals surface area contributed by atoms with Gasteiger partial charge in [0.15, 0.2) is 11.5 Å². The van der Waals surface area contributed by atoms with Crippen LogP contribution in [-0.2, 0) is 22.6 Å². The van der Waals surface area contributed by atoms with Gasteiger partial charge < -0.3 is 24.8 Å². The molecule has 1 amide bonds. The molecule has 0 radical (unpaired) electrons. The predicted octanol–water partition coefficient (Wildman–Crippen LogP) is 2.36. The van der Waals surface area contributed by atoms with Crippen molar-refractivity contribution in [2.24, 2.45) is 0 Å². The minimum atomic E-state index is -0.336. The van der Waals surface area contributed by atoms with Crippen molar-refractivity contribution < 1.29 is 19.0 Å². The van der Waals surface area contributed by atoms with E-state index in [0.29, 0.717) is 23.7 Å². The molecule has 2 aliphatic heterocycles. The van der Waals surface area contributed by atoms with Crippen molar-refractivity contribution >= 4 is 11.6 Å². The van der Waals surface area contributed by atoms with Crippen LogP contribution in [0, 0.1) is 0 Å². The zero-order valence-electron chi connectivity index (χ0n) is 16.6. The van der Waals surface area contributed by atoms with Crippen LogP contribution in [0.4, 0.5) is 5.69 Å². The number of anilines is 1. The first-order chi connectivity index (χ1) is 14.2. The van der Waals surface area contributed by atoms with Gasteiger partial charge in [-0.25, -0.2) is 0 Å². The number of fused-ring (bicyclic) bond motifs is 1. The molecule has 7 nitrogen and oxygen atoms in total. The van der Waals surface area contributed by atoms with Gasteiger partial charge in [-0.1, -0.05) is 24.3 Å². The summed E-state index contributed by atoms with van der Waals surface area (Å²) in [6.45, 7) is 7.11. The van der Waals surface area contributed by atoms with Gasteiger partial charge in [-0.2, -0.15) is 0 Å². The van der Waals surface area contributed by atoms with Crippen molar-refractivity contribution in [1.29, 1.82) is 0 Å². The van der Waals surface area contributed by atoms with Crippen LogP contribution in [0.3, 0.4) is 0 Å². The Hall–Kier alpha value is -2.61. The molecule has 29 heavy (non-hydrogen) atoms. The van der Waals surface area contributed by atoms with E-state index < -0.39 is 0 Å². The van der Waals surface area contributed by atoms with E-state index in [-0.39, 0.29) is 18.7 Å². The maximum atomic E-state index is 12.6. The third kappa shape index (κ3) is 5.06. The second kappa shape index (κ2) is 9.26. The summed E-state index contributed by atoms with van der Waals surface area (Å²) in [5.41, 5.74) is 3.19. The van der Waals surface area contributed by atoms with Crippen LogP contribution in [0.25, 0.3) is 0 Å². The lowest BCUT2D eigenvalue weighted by molar-refractivity contribution is -0.117. The number of nitrogens with one attached hydrogen (secondary N) is 2. The minimum absolute atomic E-state index is 0.0884. The van der Waals surface area contributed by atoms with Gasteiger partial charge in [-0.15, -0.1) is 0 Å². The summed E-state index contributed by atoms with van der Waals surface area (Å²) in [7, 11) is 0. The van der Waals surface area contributed by atoms with Gasteiger partial charge in [0.2, 0.25) is 12.7 Å². The fourth-order valence-corrected chi connectivity index (χ4v) is 3.46. The van der Waals surface area contributed by atoms with Crippen molar-refractivity contribution in [3.63, 3.8) is 0 Å². The summed E-state index contributed by atoms with van der Waals surface area (Å²) in [4.78, 5) is 15.0. The molecule has 2 N–H and O–H groups in total. The van der Waals surface area contributed by atoms with E-state index in [1.165, 1.54) is 11.1 Å². The molecule has 0 bridgehead atoms. The first kappa shape index (κ1) is 19.7. The molecule has 154 valence electrons. The lowest BCUT2D eigenvalue weighted by atomic mass is 10.1. The molecule has 4 rings (SSSR count). The molecule has 2 aromatic carbocycles. The van der Waals surface area contributed by atoms with Gasteiger partial charge in [0.1, 0.15) is 0 Å². The summed E-state index contributed by atoms with van der Waals surface area (Å²) in [5, 5.41) is 6.27. The molecule has 0 aromatic heterocycles. The molecular weight excluding hydrogens is 370 g/mol. The van der Waals surface area contributed by atoms with Gasteiger partial charge in [-0.3, -0.25) is 9.69 Å². The SMILES string of the molecule is C[C@@H](NCc1ccccc1CN1CCOCC1)C(=O)Nc1ccc2c(c1)OCO2. The molecule has 0 saturated carbocycles. The number of carbonyl (C=O) groups is 1. The quantitative estimate of drug-likeness (QED) is 0.747. The topological polar surface area (TPSA) is 72.1 Å². The highest BCUT2D eigenvalue weighted by molar-refractivity contribution is 5.94. The lowest BCUT2D eigenvalue weighted by Gasteiger charge is -2.27. The highest BCUT2D eigenvalue weighted by atomic mass is 16.7. The molecule has 1 atom stereocenters. The average molecular weight is 397 g/mol. The summed E-state index contributed by atoms with van der Waals surface area (Å²) in [6, 6.07) is 13.4. The van der Waals surface area contributed by atoms with Crippen LogP contribution in [0.15, 0.2) is 42.5 Å². The fraction of sp³-hybridized carbons (Fsp3) is 0.409. The number of nitrogens with zero attached hydrogens (tertiary/aromatic N) is 1. The molecule has 1 saturated heterocycles. The fourth-order valence-electron chi connectivity index (χ4n) is 3.46. The summed E-state index contributed by atoms with van der Waals surface area (Å²) >= 11 is 0. The summed E-state index contributed by atoms with van der Waals surface area (Å²) < 4.78 is 16.1. The van der Waals surface area contributed by atoms with E-state index in [0.717, 1.165) is 32.8 Å². The highest BCUT2D eigenvalue weighted by Gasteiger charge is 2.17. The first-order valence-electron chi connectivity index (χ1n) is 10.00. The van der Waals surface area contributed by atoms with Crippen molar-refractivity contribution in [3.8, 4) is 11.5 Å². The Morgan fingerprint density at radius 2 is 1.83 bits per heavy atom. The van der Waals surface area contributed by atoms with E-state index in [1.807, 2.05) is 19.1 Å². The number of carbonyl (C=O) groups excluding carboxylic acids is 1. The van der Waals surface area contributed by atoms with Gasteiger partial charge in [-0.05, 0) is 30.2 Å². The van der Waals surface area contributed by atoms with Crippen LogP contribution in [0.1, 0.15) is 18.1 Å². The van der Waals surface area contributed by atoms with Gasteiger partial charge in [0.05, 0.1) is 19.3 Å². The molecule has 2 aromatic rings. The Labute approximate surface area is 170 Å². The van der Waals surface area contributed by atoms with E-state index in [9.17, 15) is 4.79 Å². The van der Waals surface area contributed by atoms with Gasteiger partial charge in [0, 0.05) is 37.9 Å². The Morgan fingerprint density at radius 3 is 2.66 bits per heavy atom. The number of morpholine rings is 1. The third-order valence-electron chi connectivity index (χ3n) is 5.25. The number of amides is 1. The predicted molar refractivity (Wildman–Crippen MR) is 110 cm³/mol. The summed E-state index contributed by atoms with van der Waals surface area (Å²) in [6.07, 6.45) is 0. The highest BCUT2D eigenvalue weighted by Crippen LogP contribution is 2.34. The number of rotatable bonds is 7. The normalized spacial score (nSPS) is 17.1. The largest absolute Gasteiger partial charge is 0.454 e. The van der Waals surface area contributed by atoms with Crippen LogP contribution >= 0.6 is 0 Å². The minimum Gasteiger partial charge on any atom is -0.454 e. The third-order valence-corrected chi connectivity index (χ3v) is 5.25. The maximum Gasteiger partial charge on any atom is 0.241 e. The Balaban J connectivity index is 1.32. The van der Waals surface area contributed by atoms with Crippen LogP contribution < -0.4 is 20.1 Å². The van der Waals surface area contributed by atoms with E-state index >= 15 is 0 Å². The molecule has 0 aliphatic carbocycles. The number of hydrogen-bond donors (Lipinski definition) is 2. The van der Waals surface area contributed by atoms with Crippen molar-refractivity contribution in [3.05, 3.63) is 53.6 Å². The Morgan fingerprint density at radius 1 is 1.07 bits per heavy atom. The van der Waals surface area contributed by atoms with Crippen LogP contribution in [0.5, 0.6) is 11.5 Å². The van der Waals surface area contributed by atoms with E-state index in [2.05, 4.69) is 33.7 Å². The lowest BCUT2D eigenvalue weighted by Crippen LogP contribution is -2.38. The summed E-state index contributed by atoms with van der Waals surface area (Å²) in [5.74, 6) is 1.26. The van der Waals surface area contributed by atoms with Crippen molar-refractivity contribution in [2.45, 2.75) is 26.1 Å². The average Bonchev–Trinajstić information content (AvgIpc) is 3.21. The van der Waals surface area contributed by atoms with Crippen molar-refractivity contribution in [2.75, 3.05) is 38.4 Å². The van der Waals surface area contributed by atoms with Gasteiger partial charge >= 0.3 is 0 Å². The van der Waals surface area contributed by atoms with E-state index in [4.69, 9.17) is 14.2 Å². The molecule has 2 aliphatic rings. The zero-order valence-corrected chi connectivity index (χ0v) is 16.6.